The molecule has 21 heavy (non-hydrogen) atoms. The van der Waals surface area contributed by atoms with Crippen LogP contribution in [0.2, 0.25) is 0 Å². The molecule has 0 aliphatic heterocycles. The molecule has 112 valence electrons. The van der Waals surface area contributed by atoms with Gasteiger partial charge in [0.25, 0.3) is 0 Å². The van der Waals surface area contributed by atoms with Crippen LogP contribution in [0.25, 0.3) is 0 Å². The number of aromatic nitrogens is 2. The third-order valence-corrected chi connectivity index (χ3v) is 3.41. The molecule has 0 saturated heterocycles. The number of carbonyl (C=O) groups excluding carboxylic acids is 1. The Labute approximate surface area is 125 Å². The second-order valence-electron chi connectivity index (χ2n) is 5.31. The van der Waals surface area contributed by atoms with Crippen molar-refractivity contribution < 1.29 is 4.79 Å². The minimum atomic E-state index is -0.118. The summed E-state index contributed by atoms with van der Waals surface area (Å²) in [5.74, 6) is 0. The topological polar surface area (TPSA) is 50.2 Å². The van der Waals surface area contributed by atoms with Crippen molar-refractivity contribution in [3.05, 3.63) is 47.3 Å². The summed E-state index contributed by atoms with van der Waals surface area (Å²) < 4.78 is 1.85. The number of benzene rings is 1. The van der Waals surface area contributed by atoms with Gasteiger partial charge in [-0.3, -0.25) is 4.68 Å². The van der Waals surface area contributed by atoms with Gasteiger partial charge in [0, 0.05) is 31.0 Å². The Bertz CT molecular complexity index is 633. The molecule has 0 aliphatic carbocycles. The Hall–Kier alpha value is -2.30. The second kappa shape index (κ2) is 6.43. The van der Waals surface area contributed by atoms with Gasteiger partial charge in [-0.05, 0) is 38.0 Å². The molecule has 0 unspecified atom stereocenters. The van der Waals surface area contributed by atoms with E-state index in [1.54, 1.807) is 18.1 Å². The maximum Gasteiger partial charge on any atom is 0.321 e. The fourth-order valence-electron chi connectivity index (χ4n) is 2.09. The van der Waals surface area contributed by atoms with Gasteiger partial charge in [0.1, 0.15) is 0 Å². The zero-order valence-corrected chi connectivity index (χ0v) is 13.1. The Morgan fingerprint density at radius 3 is 2.81 bits per heavy atom. The largest absolute Gasteiger partial charge is 0.323 e. The van der Waals surface area contributed by atoms with Gasteiger partial charge in [-0.25, -0.2) is 4.79 Å². The number of hydrogen-bond acceptors (Lipinski definition) is 2. The molecular formula is C16H22N4O. The van der Waals surface area contributed by atoms with Gasteiger partial charge < -0.3 is 10.2 Å². The van der Waals surface area contributed by atoms with Crippen molar-refractivity contribution in [1.29, 1.82) is 0 Å². The summed E-state index contributed by atoms with van der Waals surface area (Å²) in [6.45, 7) is 7.40. The van der Waals surface area contributed by atoms with Gasteiger partial charge >= 0.3 is 6.03 Å². The molecule has 5 heteroatoms. The van der Waals surface area contributed by atoms with E-state index in [9.17, 15) is 4.79 Å². The predicted molar refractivity (Wildman–Crippen MR) is 84.3 cm³/mol. The van der Waals surface area contributed by atoms with Gasteiger partial charge in [0.05, 0.1) is 12.7 Å². The van der Waals surface area contributed by atoms with Gasteiger partial charge in [-0.1, -0.05) is 12.1 Å². The minimum Gasteiger partial charge on any atom is -0.323 e. The third kappa shape index (κ3) is 3.84. The highest BCUT2D eigenvalue weighted by atomic mass is 16.2. The summed E-state index contributed by atoms with van der Waals surface area (Å²) in [6, 6.07) is 5.91. The number of amides is 2. The Morgan fingerprint density at radius 1 is 1.38 bits per heavy atom. The Kier molecular flexibility index (Phi) is 4.62. The molecule has 1 aromatic carbocycles. The van der Waals surface area contributed by atoms with Crippen molar-refractivity contribution in [2.24, 2.45) is 0 Å². The van der Waals surface area contributed by atoms with Gasteiger partial charge in [0.15, 0.2) is 0 Å². The molecule has 5 nitrogen and oxygen atoms in total. The number of rotatable bonds is 4. The highest BCUT2D eigenvalue weighted by Gasteiger charge is 2.11. The lowest BCUT2D eigenvalue weighted by Crippen LogP contribution is -2.31. The van der Waals surface area contributed by atoms with Crippen molar-refractivity contribution in [3.63, 3.8) is 0 Å². The number of aryl methyl sites for hydroxylation is 3. The molecule has 2 rings (SSSR count). The molecule has 1 aromatic heterocycles. The number of hydrogen-bond donors (Lipinski definition) is 1. The lowest BCUT2D eigenvalue weighted by Gasteiger charge is -2.18. The molecule has 2 amide bonds. The highest BCUT2D eigenvalue weighted by Crippen LogP contribution is 2.17. The third-order valence-electron chi connectivity index (χ3n) is 3.41. The summed E-state index contributed by atoms with van der Waals surface area (Å²) in [6.07, 6.45) is 3.76. The minimum absolute atomic E-state index is 0.118. The first-order chi connectivity index (χ1) is 9.99. The number of urea groups is 1. The molecular weight excluding hydrogens is 264 g/mol. The van der Waals surface area contributed by atoms with Gasteiger partial charge in [-0.15, -0.1) is 0 Å². The second-order valence-corrected chi connectivity index (χ2v) is 5.31. The SMILES string of the molecule is CCn1cc(CN(C)C(=O)Nc2cc(C)ccc2C)cn1. The van der Waals surface area contributed by atoms with Crippen LogP contribution in [0.3, 0.4) is 0 Å². The molecule has 0 fully saturated rings. The first-order valence-corrected chi connectivity index (χ1v) is 7.10. The van der Waals surface area contributed by atoms with Crippen molar-refractivity contribution in [2.75, 3.05) is 12.4 Å². The number of carbonyl (C=O) groups is 1. The van der Waals surface area contributed by atoms with E-state index in [0.29, 0.717) is 6.54 Å². The van der Waals surface area contributed by atoms with E-state index in [-0.39, 0.29) is 6.03 Å². The van der Waals surface area contributed by atoms with E-state index in [0.717, 1.165) is 28.9 Å². The lowest BCUT2D eigenvalue weighted by molar-refractivity contribution is 0.220. The molecule has 2 aromatic rings. The molecule has 0 spiro atoms. The smallest absolute Gasteiger partial charge is 0.321 e. The quantitative estimate of drug-likeness (QED) is 0.938. The van der Waals surface area contributed by atoms with E-state index < -0.39 is 0 Å². The molecule has 0 atom stereocenters. The summed E-state index contributed by atoms with van der Waals surface area (Å²) in [7, 11) is 1.78. The molecule has 0 aliphatic rings. The Balaban J connectivity index is 2.00. The van der Waals surface area contributed by atoms with Crippen LogP contribution in [0.15, 0.2) is 30.6 Å². The number of nitrogens with zero attached hydrogens (tertiary/aromatic N) is 3. The highest BCUT2D eigenvalue weighted by molar-refractivity contribution is 5.90. The molecule has 0 radical (unpaired) electrons. The van der Waals surface area contributed by atoms with Crippen LogP contribution in [0, 0.1) is 13.8 Å². The first kappa shape index (κ1) is 15.1. The normalized spacial score (nSPS) is 10.5. The molecule has 0 bridgehead atoms. The molecule has 1 N–H and O–H groups in total. The van der Waals surface area contributed by atoms with Gasteiger partial charge in [-0.2, -0.15) is 5.10 Å². The fourth-order valence-corrected chi connectivity index (χ4v) is 2.09. The van der Waals surface area contributed by atoms with E-state index in [1.807, 2.05) is 49.8 Å². The molecule has 0 saturated carbocycles. The van der Waals surface area contributed by atoms with Crippen LogP contribution < -0.4 is 5.32 Å². The van der Waals surface area contributed by atoms with Crippen LogP contribution in [-0.2, 0) is 13.1 Å². The van der Waals surface area contributed by atoms with Crippen molar-refractivity contribution in [2.45, 2.75) is 33.9 Å². The van der Waals surface area contributed by atoms with E-state index in [2.05, 4.69) is 10.4 Å². The zero-order valence-electron chi connectivity index (χ0n) is 13.1. The Morgan fingerprint density at radius 2 is 2.14 bits per heavy atom. The fraction of sp³-hybridized carbons (Fsp3) is 0.375. The summed E-state index contributed by atoms with van der Waals surface area (Å²) in [4.78, 5) is 13.9. The zero-order chi connectivity index (χ0) is 15.4. The van der Waals surface area contributed by atoms with Crippen molar-refractivity contribution in [3.8, 4) is 0 Å². The summed E-state index contributed by atoms with van der Waals surface area (Å²) in [5.41, 5.74) is 4.07. The predicted octanol–water partition coefficient (Wildman–Crippen LogP) is 3.18. The van der Waals surface area contributed by atoms with Crippen LogP contribution in [0.5, 0.6) is 0 Å². The average molecular weight is 286 g/mol. The maximum absolute atomic E-state index is 12.2. The van der Waals surface area contributed by atoms with E-state index in [1.165, 1.54) is 0 Å². The van der Waals surface area contributed by atoms with E-state index in [4.69, 9.17) is 0 Å². The van der Waals surface area contributed by atoms with Crippen LogP contribution in [0.4, 0.5) is 10.5 Å². The first-order valence-electron chi connectivity index (χ1n) is 7.10. The molecule has 1 heterocycles. The summed E-state index contributed by atoms with van der Waals surface area (Å²) >= 11 is 0. The number of anilines is 1. The summed E-state index contributed by atoms with van der Waals surface area (Å²) in [5, 5.41) is 7.17. The van der Waals surface area contributed by atoms with E-state index >= 15 is 0 Å². The van der Waals surface area contributed by atoms with Crippen molar-refractivity contribution in [1.82, 2.24) is 14.7 Å². The number of nitrogens with one attached hydrogen (secondary N) is 1. The van der Waals surface area contributed by atoms with Gasteiger partial charge in [0.2, 0.25) is 0 Å². The lowest BCUT2D eigenvalue weighted by atomic mass is 10.1. The van der Waals surface area contributed by atoms with Crippen LogP contribution in [-0.4, -0.2) is 27.8 Å². The maximum atomic E-state index is 12.2. The van der Waals surface area contributed by atoms with Crippen LogP contribution >= 0.6 is 0 Å². The monoisotopic (exact) mass is 286 g/mol. The standard InChI is InChI=1S/C16H22N4O/c1-5-20-11-14(9-17-20)10-19(4)16(21)18-15-8-12(2)6-7-13(15)3/h6-9,11H,5,10H2,1-4H3,(H,18,21). The van der Waals surface area contributed by atoms with Crippen LogP contribution in [0.1, 0.15) is 23.6 Å². The van der Waals surface area contributed by atoms with Crippen molar-refractivity contribution >= 4 is 11.7 Å². The average Bonchev–Trinajstić information content (AvgIpc) is 2.90.